The highest BCUT2D eigenvalue weighted by molar-refractivity contribution is 5.97. The molecule has 6 heteroatoms. The van der Waals surface area contributed by atoms with E-state index in [2.05, 4.69) is 45.3 Å². The maximum absolute atomic E-state index is 13.2. The fraction of sp³-hybridized carbons (Fsp3) is 0.654. The van der Waals surface area contributed by atoms with Gasteiger partial charge in [0.25, 0.3) is 5.91 Å². The number of hydrogen-bond donors (Lipinski definition) is 2. The van der Waals surface area contributed by atoms with Crippen molar-refractivity contribution in [1.29, 1.82) is 0 Å². The summed E-state index contributed by atoms with van der Waals surface area (Å²) in [4.78, 5) is 40.7. The predicted molar refractivity (Wildman–Crippen MR) is 128 cm³/mol. The number of hydrogen-bond acceptors (Lipinski definition) is 3. The van der Waals surface area contributed by atoms with Gasteiger partial charge in [0, 0.05) is 31.1 Å². The molecule has 1 fully saturated rings. The molecule has 1 aliphatic heterocycles. The Hall–Kier alpha value is -2.37. The fourth-order valence-electron chi connectivity index (χ4n) is 3.94. The first kappa shape index (κ1) is 25.9. The standard InChI is InChI=1S/C26H41N3O3/c1-17(2)19(4)27-25(32)23(28-24(31)21-10-8-9-18(3)15-21)20-11-13-29(14-12-20)22(30)16-26(5,6)7/h8-10,15,17,19-20,23H,11-14,16H2,1-7H3,(H,27,32)(H,28,31)/t19-,23-/m0/s1. The molecule has 0 aromatic heterocycles. The van der Waals surface area contributed by atoms with Crippen LogP contribution < -0.4 is 10.6 Å². The summed E-state index contributed by atoms with van der Waals surface area (Å²) in [5.74, 6) is 0.0592. The number of likely N-dealkylation sites (tertiary alicyclic amines) is 1. The molecule has 0 bridgehead atoms. The number of amides is 3. The highest BCUT2D eigenvalue weighted by Gasteiger charge is 2.35. The first-order chi connectivity index (χ1) is 14.9. The second-order valence-corrected chi connectivity index (χ2v) is 10.8. The Morgan fingerprint density at radius 3 is 2.22 bits per heavy atom. The second-order valence-electron chi connectivity index (χ2n) is 10.8. The second kappa shape index (κ2) is 11.0. The van der Waals surface area contributed by atoms with Gasteiger partial charge >= 0.3 is 0 Å². The van der Waals surface area contributed by atoms with Crippen LogP contribution in [-0.2, 0) is 9.59 Å². The summed E-state index contributed by atoms with van der Waals surface area (Å²) in [5, 5.41) is 6.08. The number of benzene rings is 1. The molecule has 178 valence electrons. The number of nitrogens with zero attached hydrogens (tertiary/aromatic N) is 1. The first-order valence-electron chi connectivity index (χ1n) is 11.8. The van der Waals surface area contributed by atoms with Crippen LogP contribution >= 0.6 is 0 Å². The number of piperidine rings is 1. The van der Waals surface area contributed by atoms with E-state index in [1.807, 2.05) is 36.9 Å². The molecule has 32 heavy (non-hydrogen) atoms. The van der Waals surface area contributed by atoms with Crippen LogP contribution in [0.1, 0.15) is 76.7 Å². The number of carbonyl (C=O) groups excluding carboxylic acids is 3. The van der Waals surface area contributed by atoms with Crippen LogP contribution in [0, 0.1) is 24.2 Å². The molecule has 2 rings (SSSR count). The maximum atomic E-state index is 13.2. The summed E-state index contributed by atoms with van der Waals surface area (Å²) in [6.07, 6.45) is 1.90. The Bertz CT molecular complexity index is 805. The van der Waals surface area contributed by atoms with Gasteiger partial charge in [-0.25, -0.2) is 0 Å². The molecule has 6 nitrogen and oxygen atoms in total. The average molecular weight is 444 g/mol. The molecule has 1 aromatic carbocycles. The van der Waals surface area contributed by atoms with Crippen molar-refractivity contribution in [3.63, 3.8) is 0 Å². The minimum Gasteiger partial charge on any atom is -0.352 e. The van der Waals surface area contributed by atoms with Crippen molar-refractivity contribution in [3.8, 4) is 0 Å². The van der Waals surface area contributed by atoms with Crippen LogP contribution in [-0.4, -0.2) is 47.8 Å². The molecule has 2 atom stereocenters. The number of carbonyl (C=O) groups is 3. The van der Waals surface area contributed by atoms with Gasteiger partial charge in [-0.1, -0.05) is 52.3 Å². The molecule has 0 aliphatic carbocycles. The molecule has 0 radical (unpaired) electrons. The highest BCUT2D eigenvalue weighted by atomic mass is 16.2. The van der Waals surface area contributed by atoms with Crippen LogP contribution in [0.5, 0.6) is 0 Å². The molecule has 3 amide bonds. The first-order valence-corrected chi connectivity index (χ1v) is 11.8. The minimum absolute atomic E-state index is 0.00863. The topological polar surface area (TPSA) is 78.5 Å². The van der Waals surface area contributed by atoms with Gasteiger partial charge in [-0.2, -0.15) is 0 Å². The smallest absolute Gasteiger partial charge is 0.251 e. The third-order valence-corrected chi connectivity index (χ3v) is 6.26. The van der Waals surface area contributed by atoms with Crippen molar-refractivity contribution in [1.82, 2.24) is 15.5 Å². The Labute approximate surface area is 193 Å². The SMILES string of the molecule is Cc1cccc(C(=O)N[C@H](C(=O)N[C@@H](C)C(C)C)C2CCN(C(=O)CC(C)(C)C)CC2)c1. The van der Waals surface area contributed by atoms with E-state index in [1.54, 1.807) is 6.07 Å². The summed E-state index contributed by atoms with van der Waals surface area (Å²) in [6.45, 7) is 15.5. The van der Waals surface area contributed by atoms with E-state index in [1.165, 1.54) is 0 Å². The molecular formula is C26H41N3O3. The summed E-state index contributed by atoms with van der Waals surface area (Å²) in [6, 6.07) is 6.77. The molecule has 1 saturated heterocycles. The van der Waals surface area contributed by atoms with E-state index >= 15 is 0 Å². The molecule has 1 aliphatic rings. The van der Waals surface area contributed by atoms with E-state index < -0.39 is 6.04 Å². The lowest BCUT2D eigenvalue weighted by atomic mass is 9.86. The van der Waals surface area contributed by atoms with E-state index in [0.29, 0.717) is 43.8 Å². The fourth-order valence-corrected chi connectivity index (χ4v) is 3.94. The molecule has 2 N–H and O–H groups in total. The Kier molecular flexibility index (Phi) is 8.88. The van der Waals surface area contributed by atoms with Crippen LogP contribution in [0.25, 0.3) is 0 Å². The van der Waals surface area contributed by atoms with Crippen molar-refractivity contribution in [3.05, 3.63) is 35.4 Å². The largest absolute Gasteiger partial charge is 0.352 e. The normalized spacial score (nSPS) is 17.1. The van der Waals surface area contributed by atoms with Crippen LogP contribution in [0.15, 0.2) is 24.3 Å². The van der Waals surface area contributed by atoms with Gasteiger partial charge in [-0.05, 0) is 56.1 Å². The van der Waals surface area contributed by atoms with Gasteiger partial charge < -0.3 is 15.5 Å². The monoisotopic (exact) mass is 443 g/mol. The Morgan fingerprint density at radius 2 is 1.69 bits per heavy atom. The minimum atomic E-state index is -0.621. The molecule has 1 heterocycles. The molecule has 1 aromatic rings. The van der Waals surface area contributed by atoms with Crippen molar-refractivity contribution >= 4 is 17.7 Å². The van der Waals surface area contributed by atoms with Crippen molar-refractivity contribution in [2.75, 3.05) is 13.1 Å². The van der Waals surface area contributed by atoms with Gasteiger partial charge in [0.1, 0.15) is 6.04 Å². The van der Waals surface area contributed by atoms with Crippen LogP contribution in [0.2, 0.25) is 0 Å². The van der Waals surface area contributed by atoms with Gasteiger partial charge in [0.05, 0.1) is 0 Å². The van der Waals surface area contributed by atoms with Gasteiger partial charge in [-0.3, -0.25) is 14.4 Å². The Balaban J connectivity index is 2.12. The average Bonchev–Trinajstić information content (AvgIpc) is 2.70. The van der Waals surface area contributed by atoms with Gasteiger partial charge in [0.15, 0.2) is 0 Å². The number of nitrogens with one attached hydrogen (secondary N) is 2. The molecular weight excluding hydrogens is 402 g/mol. The van der Waals surface area contributed by atoms with E-state index in [4.69, 9.17) is 0 Å². The predicted octanol–water partition coefficient (Wildman–Crippen LogP) is 3.93. The number of rotatable bonds is 7. The van der Waals surface area contributed by atoms with E-state index in [-0.39, 0.29) is 35.1 Å². The van der Waals surface area contributed by atoms with Crippen molar-refractivity contribution in [2.45, 2.75) is 79.8 Å². The maximum Gasteiger partial charge on any atom is 0.251 e. The third kappa shape index (κ3) is 7.64. The van der Waals surface area contributed by atoms with Gasteiger partial charge in [-0.15, -0.1) is 0 Å². The molecule has 0 spiro atoms. The van der Waals surface area contributed by atoms with Crippen molar-refractivity contribution in [2.24, 2.45) is 17.3 Å². The highest BCUT2D eigenvalue weighted by Crippen LogP contribution is 2.25. The lowest BCUT2D eigenvalue weighted by molar-refractivity contribution is -0.134. The molecule has 0 saturated carbocycles. The Morgan fingerprint density at radius 1 is 1.06 bits per heavy atom. The lowest BCUT2D eigenvalue weighted by Crippen LogP contribution is -2.55. The van der Waals surface area contributed by atoms with Gasteiger partial charge in [0.2, 0.25) is 11.8 Å². The molecule has 0 unspecified atom stereocenters. The quantitative estimate of drug-likeness (QED) is 0.670. The van der Waals surface area contributed by atoms with Crippen LogP contribution in [0.4, 0.5) is 0 Å². The van der Waals surface area contributed by atoms with Crippen LogP contribution in [0.3, 0.4) is 0 Å². The van der Waals surface area contributed by atoms with E-state index in [0.717, 1.165) is 5.56 Å². The summed E-state index contributed by atoms with van der Waals surface area (Å²) >= 11 is 0. The summed E-state index contributed by atoms with van der Waals surface area (Å²) in [5.41, 5.74) is 1.50. The summed E-state index contributed by atoms with van der Waals surface area (Å²) in [7, 11) is 0. The zero-order chi connectivity index (χ0) is 24.1. The summed E-state index contributed by atoms with van der Waals surface area (Å²) < 4.78 is 0. The number of aryl methyl sites for hydroxylation is 1. The van der Waals surface area contributed by atoms with Crippen molar-refractivity contribution < 1.29 is 14.4 Å². The zero-order valence-corrected chi connectivity index (χ0v) is 20.8. The lowest BCUT2D eigenvalue weighted by Gasteiger charge is -2.37. The third-order valence-electron chi connectivity index (χ3n) is 6.26. The van der Waals surface area contributed by atoms with E-state index in [9.17, 15) is 14.4 Å². The zero-order valence-electron chi connectivity index (χ0n) is 20.8.